The van der Waals surface area contributed by atoms with Crippen molar-refractivity contribution < 1.29 is 28.5 Å². The van der Waals surface area contributed by atoms with Crippen molar-refractivity contribution in [2.75, 3.05) is 34.5 Å². The molecule has 4 rings (SSSR count). The van der Waals surface area contributed by atoms with Crippen molar-refractivity contribution in [3.05, 3.63) is 89.0 Å². The molecule has 1 aliphatic heterocycles. The van der Waals surface area contributed by atoms with E-state index in [1.165, 1.54) is 7.11 Å². The summed E-state index contributed by atoms with van der Waals surface area (Å²) in [6.45, 7) is 0.823. The van der Waals surface area contributed by atoms with Crippen LogP contribution in [0.2, 0.25) is 0 Å². The average Bonchev–Trinajstić information content (AvgIpc) is 2.91. The van der Waals surface area contributed by atoms with E-state index in [1.54, 1.807) is 38.5 Å². The molecule has 0 aromatic heterocycles. The Balaban J connectivity index is 1.61. The number of nitrogens with zero attached hydrogens (tertiary/aromatic N) is 1. The van der Waals surface area contributed by atoms with Crippen LogP contribution >= 0.6 is 0 Å². The maximum absolute atomic E-state index is 13.4. The van der Waals surface area contributed by atoms with Gasteiger partial charge in [0.15, 0.2) is 11.5 Å². The van der Waals surface area contributed by atoms with Crippen molar-refractivity contribution in [2.24, 2.45) is 0 Å². The van der Waals surface area contributed by atoms with Crippen LogP contribution in [0.15, 0.2) is 66.7 Å². The minimum absolute atomic E-state index is 0.0336. The third kappa shape index (κ3) is 5.40. The van der Waals surface area contributed by atoms with Gasteiger partial charge in [-0.15, -0.1) is 0 Å². The van der Waals surface area contributed by atoms with E-state index in [0.717, 1.165) is 16.7 Å². The fourth-order valence-corrected chi connectivity index (χ4v) is 4.36. The van der Waals surface area contributed by atoms with Crippen LogP contribution in [0, 0.1) is 0 Å². The lowest BCUT2D eigenvalue weighted by atomic mass is 9.91. The molecule has 1 heterocycles. The number of methoxy groups -OCH3 is 3. The number of hydrogen-bond acceptors (Lipinski definition) is 6. The molecule has 7 nitrogen and oxygen atoms in total. The molecule has 7 heteroatoms. The van der Waals surface area contributed by atoms with Gasteiger partial charge in [0.05, 0.1) is 39.4 Å². The molecule has 0 radical (unpaired) electrons. The number of rotatable bonds is 8. The number of esters is 1. The Hall–Kier alpha value is -4.00. The lowest BCUT2D eigenvalue weighted by molar-refractivity contribution is -0.134. The predicted molar refractivity (Wildman–Crippen MR) is 131 cm³/mol. The minimum atomic E-state index is -0.406. The molecule has 3 aromatic carbocycles. The van der Waals surface area contributed by atoms with Gasteiger partial charge in [-0.05, 0) is 59.5 Å². The summed E-state index contributed by atoms with van der Waals surface area (Å²) in [5.41, 5.74) is 3.48. The summed E-state index contributed by atoms with van der Waals surface area (Å²) in [6.07, 6.45) is 1.02. The predicted octanol–water partition coefficient (Wildman–Crippen LogP) is 4.24. The average molecular weight is 476 g/mol. The molecule has 0 fully saturated rings. The van der Waals surface area contributed by atoms with E-state index < -0.39 is 5.97 Å². The number of amides is 1. The highest BCUT2D eigenvalue weighted by atomic mass is 16.5. The Morgan fingerprint density at radius 1 is 0.914 bits per heavy atom. The Labute approximate surface area is 205 Å². The highest BCUT2D eigenvalue weighted by Crippen LogP contribution is 2.38. The van der Waals surface area contributed by atoms with E-state index in [1.807, 2.05) is 47.4 Å². The summed E-state index contributed by atoms with van der Waals surface area (Å²) in [5.74, 6) is 1.49. The van der Waals surface area contributed by atoms with Crippen LogP contribution in [0.3, 0.4) is 0 Å². The molecule has 0 saturated carbocycles. The summed E-state index contributed by atoms with van der Waals surface area (Å²) in [5, 5.41) is 0. The molecule has 0 N–H and O–H groups in total. The number of fused-ring (bicyclic) bond motifs is 1. The zero-order chi connectivity index (χ0) is 24.8. The molecule has 0 aliphatic carbocycles. The normalized spacial score (nSPS) is 14.6. The Morgan fingerprint density at radius 3 is 2.26 bits per heavy atom. The van der Waals surface area contributed by atoms with Gasteiger partial charge >= 0.3 is 5.97 Å². The zero-order valence-electron chi connectivity index (χ0n) is 20.2. The number of carbonyl (C=O) groups excluding carboxylic acids is 2. The molecule has 182 valence electrons. The van der Waals surface area contributed by atoms with E-state index in [4.69, 9.17) is 18.9 Å². The fraction of sp³-hybridized carbons (Fsp3) is 0.286. The second-order valence-corrected chi connectivity index (χ2v) is 8.25. The molecule has 3 aromatic rings. The first kappa shape index (κ1) is 24.1. The van der Waals surface area contributed by atoms with Crippen molar-refractivity contribution in [1.29, 1.82) is 0 Å². The van der Waals surface area contributed by atoms with Crippen LogP contribution in [0.25, 0.3) is 0 Å². The first-order valence-electron chi connectivity index (χ1n) is 11.4. The highest BCUT2D eigenvalue weighted by Gasteiger charge is 2.32. The second kappa shape index (κ2) is 11.0. The van der Waals surface area contributed by atoms with Crippen molar-refractivity contribution in [2.45, 2.75) is 18.9 Å². The van der Waals surface area contributed by atoms with Crippen molar-refractivity contribution in [3.8, 4) is 17.2 Å². The van der Waals surface area contributed by atoms with Crippen LogP contribution in [0.5, 0.6) is 17.2 Å². The number of benzene rings is 3. The topological polar surface area (TPSA) is 74.3 Å². The third-order valence-corrected chi connectivity index (χ3v) is 6.20. The van der Waals surface area contributed by atoms with Gasteiger partial charge in [0.25, 0.3) is 0 Å². The van der Waals surface area contributed by atoms with Gasteiger partial charge in [0.1, 0.15) is 12.4 Å². The molecule has 0 unspecified atom stereocenters. The highest BCUT2D eigenvalue weighted by molar-refractivity contribution is 5.89. The van der Waals surface area contributed by atoms with Crippen LogP contribution < -0.4 is 14.2 Å². The smallest absolute Gasteiger partial charge is 0.337 e. The summed E-state index contributed by atoms with van der Waals surface area (Å²) >= 11 is 0. The third-order valence-electron chi connectivity index (χ3n) is 6.20. The van der Waals surface area contributed by atoms with Crippen molar-refractivity contribution >= 4 is 11.9 Å². The zero-order valence-corrected chi connectivity index (χ0v) is 20.2. The van der Waals surface area contributed by atoms with Gasteiger partial charge in [-0.1, -0.05) is 30.3 Å². The van der Waals surface area contributed by atoms with Crippen LogP contribution in [-0.4, -0.2) is 51.3 Å². The van der Waals surface area contributed by atoms with E-state index in [9.17, 15) is 9.59 Å². The van der Waals surface area contributed by atoms with Gasteiger partial charge in [-0.2, -0.15) is 0 Å². The molecule has 1 aliphatic rings. The first-order chi connectivity index (χ1) is 17.0. The lowest BCUT2D eigenvalue weighted by Gasteiger charge is -2.37. The minimum Gasteiger partial charge on any atom is -0.493 e. The van der Waals surface area contributed by atoms with Gasteiger partial charge in [0.2, 0.25) is 5.91 Å². The Kier molecular flexibility index (Phi) is 7.55. The molecule has 0 saturated heterocycles. The van der Waals surface area contributed by atoms with Crippen molar-refractivity contribution in [3.63, 3.8) is 0 Å². The molecular formula is C28H29NO6. The van der Waals surface area contributed by atoms with E-state index in [2.05, 4.69) is 0 Å². The monoisotopic (exact) mass is 475 g/mol. The lowest BCUT2D eigenvalue weighted by Crippen LogP contribution is -2.43. The summed E-state index contributed by atoms with van der Waals surface area (Å²) in [4.78, 5) is 27.0. The summed E-state index contributed by atoms with van der Waals surface area (Å²) < 4.78 is 21.9. The SMILES string of the molecule is COC(=O)c1ccc(OC[C@H]2c3cc(OC)c(OC)cc3CCN2C(=O)Cc2ccccc2)cc1. The molecule has 1 amide bonds. The number of carbonyl (C=O) groups is 2. The Bertz CT molecular complexity index is 1180. The number of ether oxygens (including phenoxy) is 4. The molecule has 0 bridgehead atoms. The number of hydrogen-bond donors (Lipinski definition) is 0. The van der Waals surface area contributed by atoms with Gasteiger partial charge in [-0.25, -0.2) is 4.79 Å². The molecule has 35 heavy (non-hydrogen) atoms. The van der Waals surface area contributed by atoms with Gasteiger partial charge < -0.3 is 23.8 Å². The standard InChI is InChI=1S/C28H29NO6/c1-32-25-16-21-13-14-29(27(30)15-19-7-5-4-6-8-19)24(23(21)17-26(25)33-2)18-35-22-11-9-20(10-12-22)28(31)34-3/h4-12,16-17,24H,13-15,18H2,1-3H3/t24-/m0/s1. The largest absolute Gasteiger partial charge is 0.493 e. The van der Waals surface area contributed by atoms with E-state index >= 15 is 0 Å². The second-order valence-electron chi connectivity index (χ2n) is 8.25. The van der Waals surface area contributed by atoms with Crippen LogP contribution in [0.1, 0.15) is 33.1 Å². The quantitative estimate of drug-likeness (QED) is 0.454. The van der Waals surface area contributed by atoms with Gasteiger partial charge in [-0.3, -0.25) is 4.79 Å². The fourth-order valence-electron chi connectivity index (χ4n) is 4.36. The summed E-state index contributed by atoms with van der Waals surface area (Å²) in [6, 6.07) is 20.1. The van der Waals surface area contributed by atoms with Crippen molar-refractivity contribution in [1.82, 2.24) is 4.90 Å². The summed E-state index contributed by atoms with van der Waals surface area (Å²) in [7, 11) is 4.55. The van der Waals surface area contributed by atoms with E-state index in [0.29, 0.717) is 42.2 Å². The molecular weight excluding hydrogens is 446 g/mol. The molecule has 1 atom stereocenters. The van der Waals surface area contributed by atoms with E-state index in [-0.39, 0.29) is 18.6 Å². The van der Waals surface area contributed by atoms with Crippen LogP contribution in [0.4, 0.5) is 0 Å². The maximum atomic E-state index is 13.4. The maximum Gasteiger partial charge on any atom is 0.337 e. The van der Waals surface area contributed by atoms with Crippen LogP contribution in [-0.2, 0) is 22.4 Å². The van der Waals surface area contributed by atoms with Gasteiger partial charge in [0, 0.05) is 6.54 Å². The molecule has 0 spiro atoms. The first-order valence-corrected chi connectivity index (χ1v) is 11.4. The Morgan fingerprint density at radius 2 is 1.60 bits per heavy atom.